The first-order chi connectivity index (χ1) is 19.5. The Morgan fingerprint density at radius 1 is 1.07 bits per heavy atom. The first-order valence-corrected chi connectivity index (χ1v) is 14.9. The zero-order valence-electron chi connectivity index (χ0n) is 22.3. The van der Waals surface area contributed by atoms with Gasteiger partial charge in [0.05, 0.1) is 17.4 Å². The summed E-state index contributed by atoms with van der Waals surface area (Å²) in [5.74, 6) is -0.684. The standard InChI is InChI=1S/C28H31F3N5O4P/c1-36-15-21-20(17-4-8-19(37)9-5-17)10-11-23(24(21)26(36)38)34-25-22(28(29,30)31)14-32-27(35-25)33-18-6-2-16(3-7-18)12-13-41(39)40/h2-3,6-7,10-11,14,17,19,37,41H,4-5,8-9,12-13,15H2,1H3,(H,39,40)(H2,32,33,34,35). The minimum Gasteiger partial charge on any atom is -0.393 e. The van der Waals surface area contributed by atoms with Crippen LogP contribution in [0.25, 0.3) is 0 Å². The van der Waals surface area contributed by atoms with Crippen LogP contribution in [0.15, 0.2) is 42.6 Å². The number of carbonyl (C=O) groups excluding carboxylic acids is 1. The molecule has 1 fully saturated rings. The molecule has 3 aromatic rings. The van der Waals surface area contributed by atoms with Gasteiger partial charge in [-0.3, -0.25) is 9.36 Å². The van der Waals surface area contributed by atoms with Crippen molar-refractivity contribution in [1.29, 1.82) is 0 Å². The number of nitrogens with one attached hydrogen (secondary N) is 2. The molecule has 218 valence electrons. The number of amides is 1. The molecule has 4 N–H and O–H groups in total. The highest BCUT2D eigenvalue weighted by Crippen LogP contribution is 2.42. The maximum Gasteiger partial charge on any atom is 0.421 e. The molecule has 2 heterocycles. The Labute approximate surface area is 235 Å². The van der Waals surface area contributed by atoms with Crippen LogP contribution >= 0.6 is 8.03 Å². The lowest BCUT2D eigenvalue weighted by Crippen LogP contribution is -2.18. The summed E-state index contributed by atoms with van der Waals surface area (Å²) in [4.78, 5) is 31.7. The fourth-order valence-electron chi connectivity index (χ4n) is 5.46. The van der Waals surface area contributed by atoms with Gasteiger partial charge in [-0.15, -0.1) is 0 Å². The lowest BCUT2D eigenvalue weighted by atomic mass is 9.80. The van der Waals surface area contributed by atoms with Gasteiger partial charge in [-0.25, -0.2) is 4.98 Å². The Hall–Kier alpha value is -3.47. The molecule has 41 heavy (non-hydrogen) atoms. The molecule has 5 rings (SSSR count). The summed E-state index contributed by atoms with van der Waals surface area (Å²) in [5, 5.41) is 15.6. The van der Waals surface area contributed by atoms with Gasteiger partial charge in [-0.1, -0.05) is 18.2 Å². The van der Waals surface area contributed by atoms with E-state index in [4.69, 9.17) is 4.89 Å². The third-order valence-electron chi connectivity index (χ3n) is 7.63. The molecule has 2 aliphatic rings. The maximum atomic E-state index is 14.0. The van der Waals surface area contributed by atoms with Crippen LogP contribution in [-0.4, -0.2) is 50.1 Å². The summed E-state index contributed by atoms with van der Waals surface area (Å²) in [6, 6.07) is 10.3. The van der Waals surface area contributed by atoms with Gasteiger partial charge in [0.25, 0.3) is 5.91 Å². The van der Waals surface area contributed by atoms with Gasteiger partial charge in [0, 0.05) is 31.6 Å². The number of aryl methyl sites for hydroxylation is 1. The van der Waals surface area contributed by atoms with E-state index >= 15 is 0 Å². The van der Waals surface area contributed by atoms with Gasteiger partial charge in [0.15, 0.2) is 8.03 Å². The lowest BCUT2D eigenvalue weighted by molar-refractivity contribution is -0.137. The van der Waals surface area contributed by atoms with Crippen molar-refractivity contribution in [3.8, 4) is 0 Å². The molecule has 2 aromatic carbocycles. The number of halogens is 3. The molecular weight excluding hydrogens is 558 g/mol. The van der Waals surface area contributed by atoms with Gasteiger partial charge < -0.3 is 25.5 Å². The highest BCUT2D eigenvalue weighted by Gasteiger charge is 2.37. The molecule has 1 aliphatic carbocycles. The van der Waals surface area contributed by atoms with Crippen LogP contribution in [-0.2, 0) is 23.7 Å². The van der Waals surface area contributed by atoms with E-state index in [9.17, 15) is 27.6 Å². The molecule has 0 saturated heterocycles. The SMILES string of the molecule is CN1Cc2c(C3CCC(O)CC3)ccc(Nc3nc(Nc4ccc(CC[PH](=O)O)cc4)ncc3C(F)(F)F)c2C1=O. The van der Waals surface area contributed by atoms with E-state index in [0.717, 1.165) is 29.5 Å². The second-order valence-corrected chi connectivity index (χ2v) is 11.8. The Morgan fingerprint density at radius 2 is 1.78 bits per heavy atom. The number of fused-ring (bicyclic) bond motifs is 1. The molecular formula is C28H31F3N5O4P. The first kappa shape index (κ1) is 29.0. The Morgan fingerprint density at radius 3 is 2.44 bits per heavy atom. The average molecular weight is 590 g/mol. The Kier molecular flexibility index (Phi) is 8.35. The fraction of sp³-hybridized carbons (Fsp3) is 0.393. The van der Waals surface area contributed by atoms with Crippen molar-refractivity contribution >= 4 is 37.1 Å². The van der Waals surface area contributed by atoms with E-state index < -0.39 is 25.6 Å². The molecule has 0 bridgehead atoms. The third-order valence-corrected chi connectivity index (χ3v) is 8.30. The fourth-order valence-corrected chi connectivity index (χ4v) is 5.96. The van der Waals surface area contributed by atoms with Gasteiger partial charge >= 0.3 is 6.18 Å². The van der Waals surface area contributed by atoms with E-state index in [1.165, 1.54) is 4.90 Å². The number of carbonyl (C=O) groups is 1. The van der Waals surface area contributed by atoms with Crippen LogP contribution in [0.5, 0.6) is 0 Å². The minimum atomic E-state index is -4.75. The van der Waals surface area contributed by atoms with Gasteiger partial charge in [0.1, 0.15) is 11.4 Å². The number of alkyl halides is 3. The predicted octanol–water partition coefficient (Wildman–Crippen LogP) is 5.60. The smallest absolute Gasteiger partial charge is 0.393 e. The number of aromatic nitrogens is 2. The molecule has 1 atom stereocenters. The number of aliphatic hydroxyl groups is 1. The minimum absolute atomic E-state index is 0.0777. The number of hydrogen-bond donors (Lipinski definition) is 4. The normalized spacial score (nSPS) is 19.7. The monoisotopic (exact) mass is 589 g/mol. The van der Waals surface area contributed by atoms with E-state index in [-0.39, 0.29) is 35.7 Å². The molecule has 1 amide bonds. The number of nitrogens with zero attached hydrogens (tertiary/aromatic N) is 3. The summed E-state index contributed by atoms with van der Waals surface area (Å²) in [7, 11) is -0.918. The second kappa shape index (κ2) is 11.8. The molecule has 9 nitrogen and oxygen atoms in total. The Bertz CT molecular complexity index is 1460. The van der Waals surface area contributed by atoms with Crippen LogP contribution in [0.2, 0.25) is 0 Å². The number of anilines is 4. The largest absolute Gasteiger partial charge is 0.421 e. The third kappa shape index (κ3) is 6.55. The quantitative estimate of drug-likeness (QED) is 0.250. The average Bonchev–Trinajstić information content (AvgIpc) is 3.23. The molecule has 1 unspecified atom stereocenters. The molecule has 0 radical (unpaired) electrons. The second-order valence-electron chi connectivity index (χ2n) is 10.5. The molecule has 1 aromatic heterocycles. The zero-order valence-corrected chi connectivity index (χ0v) is 23.3. The first-order valence-electron chi connectivity index (χ1n) is 13.4. The van der Waals surface area contributed by atoms with Crippen molar-refractivity contribution in [2.75, 3.05) is 23.8 Å². The highest BCUT2D eigenvalue weighted by atomic mass is 31.1. The van der Waals surface area contributed by atoms with Gasteiger partial charge in [-0.05, 0) is 72.9 Å². The molecule has 1 aliphatic heterocycles. The van der Waals surface area contributed by atoms with E-state index in [0.29, 0.717) is 43.3 Å². The number of rotatable bonds is 8. The summed E-state index contributed by atoms with van der Waals surface area (Å²) in [6.07, 6.45) is -0.890. The van der Waals surface area contributed by atoms with Crippen LogP contribution in [0.3, 0.4) is 0 Å². The maximum absolute atomic E-state index is 14.0. The van der Waals surface area contributed by atoms with E-state index in [1.807, 2.05) is 6.07 Å². The van der Waals surface area contributed by atoms with Crippen molar-refractivity contribution in [3.05, 3.63) is 70.4 Å². The number of benzene rings is 2. The van der Waals surface area contributed by atoms with Crippen molar-refractivity contribution < 1.29 is 32.5 Å². The summed E-state index contributed by atoms with van der Waals surface area (Å²) < 4.78 is 52.9. The number of aliphatic hydroxyl groups excluding tert-OH is 1. The topological polar surface area (TPSA) is 128 Å². The van der Waals surface area contributed by atoms with Crippen molar-refractivity contribution in [2.45, 2.75) is 56.8 Å². The summed E-state index contributed by atoms with van der Waals surface area (Å²) in [5.41, 5.74) is 2.64. The highest BCUT2D eigenvalue weighted by molar-refractivity contribution is 7.37. The van der Waals surface area contributed by atoms with Crippen molar-refractivity contribution in [1.82, 2.24) is 14.9 Å². The van der Waals surface area contributed by atoms with Crippen LogP contribution in [0, 0.1) is 0 Å². The zero-order chi connectivity index (χ0) is 29.3. The molecule has 1 saturated carbocycles. The van der Waals surface area contributed by atoms with Crippen LogP contribution in [0.4, 0.5) is 36.3 Å². The van der Waals surface area contributed by atoms with Crippen LogP contribution in [0.1, 0.15) is 64.2 Å². The summed E-state index contributed by atoms with van der Waals surface area (Å²) in [6.45, 7) is 0.353. The van der Waals surface area contributed by atoms with E-state index in [1.54, 1.807) is 37.4 Å². The van der Waals surface area contributed by atoms with Gasteiger partial charge in [0.2, 0.25) is 5.95 Å². The van der Waals surface area contributed by atoms with Crippen LogP contribution < -0.4 is 10.6 Å². The lowest BCUT2D eigenvalue weighted by Gasteiger charge is -2.27. The van der Waals surface area contributed by atoms with Crippen molar-refractivity contribution in [3.63, 3.8) is 0 Å². The van der Waals surface area contributed by atoms with Gasteiger partial charge in [-0.2, -0.15) is 18.2 Å². The Balaban J connectivity index is 1.45. The summed E-state index contributed by atoms with van der Waals surface area (Å²) >= 11 is 0. The molecule has 13 heteroatoms. The number of hydrogen-bond acceptors (Lipinski definition) is 7. The van der Waals surface area contributed by atoms with Crippen molar-refractivity contribution in [2.24, 2.45) is 0 Å². The predicted molar refractivity (Wildman–Crippen MR) is 149 cm³/mol. The van der Waals surface area contributed by atoms with E-state index in [2.05, 4.69) is 20.6 Å². The molecule has 0 spiro atoms.